The SMILES string of the molecule is O=S(=O)(c1ccccc1)C(CC#C/C=C/CC(C/C=C/c1ccccc1)(S(=O)(=O)c1ccccc1)S(=O)(=O)c1ccccc1)(C/C=C/c1ccccc1)S(=O)(=O)c1ccccc1. The molecule has 12 heteroatoms. The highest BCUT2D eigenvalue weighted by Crippen LogP contribution is 2.43. The Bertz CT molecular complexity index is 2900. The second-order valence-electron chi connectivity index (χ2n) is 14.2. The van der Waals surface area contributed by atoms with Crippen molar-refractivity contribution in [2.75, 3.05) is 0 Å². The van der Waals surface area contributed by atoms with Gasteiger partial charge in [-0.1, -0.05) is 176 Å². The Labute approximate surface area is 365 Å². The predicted molar refractivity (Wildman–Crippen MR) is 246 cm³/mol. The van der Waals surface area contributed by atoms with Gasteiger partial charge < -0.3 is 0 Å². The second-order valence-corrected chi connectivity index (χ2v) is 23.8. The van der Waals surface area contributed by atoms with Crippen LogP contribution in [-0.2, 0) is 39.3 Å². The van der Waals surface area contributed by atoms with Crippen molar-refractivity contribution >= 4 is 51.5 Å². The van der Waals surface area contributed by atoms with Gasteiger partial charge in [0.05, 0.1) is 19.6 Å². The zero-order chi connectivity index (χ0) is 44.2. The molecule has 0 fully saturated rings. The van der Waals surface area contributed by atoms with E-state index in [9.17, 15) is 33.7 Å². The highest BCUT2D eigenvalue weighted by molar-refractivity contribution is 8.11. The first-order valence-corrected chi connectivity index (χ1v) is 25.5. The quantitative estimate of drug-likeness (QED) is 0.0826. The standard InChI is InChI=1S/C50H44O8S4/c51-59(52,45-31-13-5-14-32-45)49(41-23-29-43-25-9-3-10-26-43,60(53,54)46-33-15-6-16-34-46)39-21-1-2-22-40-50(42-24-30-44-27-11-4-12-28-44,61(55,56)47-35-17-7-18-36-47)62(57,58)48-37-19-8-20-38-48/h1,3-21,23-38H,39-42H2/b21-1+,29-23+,30-24+. The molecule has 0 N–H and O–H groups in total. The van der Waals surface area contributed by atoms with Crippen molar-refractivity contribution in [3.05, 3.63) is 217 Å². The molecular formula is C50H44O8S4. The monoisotopic (exact) mass is 900 g/mol. The Balaban J connectivity index is 1.47. The van der Waals surface area contributed by atoms with Crippen LogP contribution in [0.25, 0.3) is 12.2 Å². The van der Waals surface area contributed by atoms with Crippen LogP contribution < -0.4 is 0 Å². The maximum absolute atomic E-state index is 14.8. The summed E-state index contributed by atoms with van der Waals surface area (Å²) in [6.07, 6.45) is 6.71. The average Bonchev–Trinajstić information content (AvgIpc) is 3.30. The fraction of sp³-hybridized carbons (Fsp3) is 0.120. The van der Waals surface area contributed by atoms with Gasteiger partial charge >= 0.3 is 0 Å². The minimum Gasteiger partial charge on any atom is -0.222 e. The summed E-state index contributed by atoms with van der Waals surface area (Å²) in [4.78, 5) is -0.818. The van der Waals surface area contributed by atoms with E-state index in [1.54, 1.807) is 84.9 Å². The molecule has 62 heavy (non-hydrogen) atoms. The fourth-order valence-electron chi connectivity index (χ4n) is 6.97. The molecule has 0 saturated heterocycles. The molecule has 8 nitrogen and oxygen atoms in total. The molecule has 0 amide bonds. The molecule has 6 rings (SSSR count). The van der Waals surface area contributed by atoms with Crippen LogP contribution in [0.15, 0.2) is 226 Å². The normalized spacial score (nSPS) is 13.0. The number of hydrogen-bond donors (Lipinski definition) is 0. The molecule has 0 atom stereocenters. The highest BCUT2D eigenvalue weighted by Gasteiger charge is 2.56. The minimum absolute atomic E-state index is 0.197. The topological polar surface area (TPSA) is 137 Å². The molecule has 0 saturated carbocycles. The second kappa shape index (κ2) is 19.7. The third-order valence-corrected chi connectivity index (χ3v) is 21.8. The molecule has 0 bridgehead atoms. The van der Waals surface area contributed by atoms with Gasteiger partial charge in [-0.15, -0.1) is 0 Å². The first-order valence-electron chi connectivity index (χ1n) is 19.5. The van der Waals surface area contributed by atoms with Crippen molar-refractivity contribution < 1.29 is 33.7 Å². The van der Waals surface area contributed by atoms with Crippen molar-refractivity contribution in [2.24, 2.45) is 0 Å². The van der Waals surface area contributed by atoms with Crippen molar-refractivity contribution in [1.82, 2.24) is 0 Å². The van der Waals surface area contributed by atoms with Crippen molar-refractivity contribution in [2.45, 2.75) is 53.4 Å². The molecule has 0 heterocycles. The summed E-state index contributed by atoms with van der Waals surface area (Å²) in [5, 5.41) is 0. The third kappa shape index (κ3) is 9.37. The average molecular weight is 901 g/mol. The van der Waals surface area contributed by atoms with Crippen LogP contribution in [0.3, 0.4) is 0 Å². The summed E-state index contributed by atoms with van der Waals surface area (Å²) >= 11 is 0. The van der Waals surface area contributed by atoms with Gasteiger partial charge in [0.25, 0.3) is 0 Å². The number of rotatable bonds is 17. The lowest BCUT2D eigenvalue weighted by Gasteiger charge is -2.31. The lowest BCUT2D eigenvalue weighted by atomic mass is 10.1. The van der Waals surface area contributed by atoms with Crippen LogP contribution in [0.5, 0.6) is 0 Å². The van der Waals surface area contributed by atoms with E-state index in [4.69, 9.17) is 0 Å². The Kier molecular flexibility index (Phi) is 14.5. The summed E-state index contributed by atoms with van der Waals surface area (Å²) in [7, 11) is -18.8. The van der Waals surface area contributed by atoms with E-state index < -0.39 is 73.2 Å². The Morgan fingerprint density at radius 2 is 0.629 bits per heavy atom. The van der Waals surface area contributed by atoms with Crippen LogP contribution in [0.2, 0.25) is 0 Å². The molecule has 6 aromatic rings. The van der Waals surface area contributed by atoms with Gasteiger partial charge in [0, 0.05) is 25.7 Å². The molecule has 0 radical (unpaired) electrons. The molecule has 316 valence electrons. The van der Waals surface area contributed by atoms with Crippen LogP contribution in [0.4, 0.5) is 0 Å². The Morgan fingerprint density at radius 3 is 0.968 bits per heavy atom. The summed E-state index contributed by atoms with van der Waals surface area (Å²) in [5.41, 5.74) is 1.46. The fourth-order valence-corrected chi connectivity index (χ4v) is 16.6. The molecule has 0 spiro atoms. The van der Waals surface area contributed by atoms with Gasteiger partial charge in [-0.05, 0) is 65.7 Å². The van der Waals surface area contributed by atoms with E-state index in [1.165, 1.54) is 121 Å². The van der Waals surface area contributed by atoms with Gasteiger partial charge in [-0.2, -0.15) is 0 Å². The molecule has 0 aromatic heterocycles. The third-order valence-electron chi connectivity index (χ3n) is 10.3. The summed E-state index contributed by atoms with van der Waals surface area (Å²) in [6, 6.07) is 47.4. The van der Waals surface area contributed by atoms with Gasteiger partial charge in [-0.25, -0.2) is 33.7 Å². The van der Waals surface area contributed by atoms with Crippen molar-refractivity contribution in [3.63, 3.8) is 0 Å². The molecule has 0 unspecified atom stereocenters. The van der Waals surface area contributed by atoms with E-state index in [0.29, 0.717) is 0 Å². The molecular weight excluding hydrogens is 857 g/mol. The number of hydrogen-bond acceptors (Lipinski definition) is 8. The maximum atomic E-state index is 14.8. The van der Waals surface area contributed by atoms with Crippen molar-refractivity contribution in [3.8, 4) is 11.8 Å². The molecule has 6 aromatic carbocycles. The van der Waals surface area contributed by atoms with Crippen LogP contribution in [-0.4, -0.2) is 41.8 Å². The van der Waals surface area contributed by atoms with E-state index in [2.05, 4.69) is 11.8 Å². The zero-order valence-corrected chi connectivity index (χ0v) is 36.8. The van der Waals surface area contributed by atoms with Gasteiger partial charge in [0.15, 0.2) is 47.5 Å². The lowest BCUT2D eigenvalue weighted by Crippen LogP contribution is -2.46. The number of benzene rings is 6. The highest BCUT2D eigenvalue weighted by atomic mass is 32.3. The predicted octanol–water partition coefficient (Wildman–Crippen LogP) is 9.82. The number of sulfone groups is 4. The molecule has 0 aliphatic heterocycles. The summed E-state index contributed by atoms with van der Waals surface area (Å²) in [6.45, 7) is 0. The Hall–Kier alpha value is -6.10. The number of allylic oxidation sites excluding steroid dienone is 4. The molecule has 0 aliphatic rings. The van der Waals surface area contributed by atoms with E-state index in [0.717, 1.165) is 11.1 Å². The Morgan fingerprint density at radius 1 is 0.355 bits per heavy atom. The van der Waals surface area contributed by atoms with Gasteiger partial charge in [-0.3, -0.25) is 0 Å². The van der Waals surface area contributed by atoms with E-state index in [-0.39, 0.29) is 19.6 Å². The van der Waals surface area contributed by atoms with E-state index in [1.807, 2.05) is 12.1 Å². The summed E-state index contributed by atoms with van der Waals surface area (Å²) in [5.74, 6) is 5.52. The maximum Gasteiger partial charge on any atom is 0.200 e. The van der Waals surface area contributed by atoms with Crippen LogP contribution in [0.1, 0.15) is 36.8 Å². The smallest absolute Gasteiger partial charge is 0.200 e. The first kappa shape index (κ1) is 45.4. The van der Waals surface area contributed by atoms with Gasteiger partial charge in [0.2, 0.25) is 0 Å². The van der Waals surface area contributed by atoms with Gasteiger partial charge in [0.1, 0.15) is 0 Å². The molecule has 0 aliphatic carbocycles. The largest absolute Gasteiger partial charge is 0.222 e. The van der Waals surface area contributed by atoms with Crippen LogP contribution >= 0.6 is 0 Å². The lowest BCUT2D eigenvalue weighted by molar-refractivity contribution is 0.535. The van der Waals surface area contributed by atoms with Crippen molar-refractivity contribution in [1.29, 1.82) is 0 Å². The zero-order valence-electron chi connectivity index (χ0n) is 33.5. The van der Waals surface area contributed by atoms with E-state index >= 15 is 0 Å². The first-order chi connectivity index (χ1) is 29.8. The summed E-state index contributed by atoms with van der Waals surface area (Å²) < 4.78 is 114. The minimum atomic E-state index is -4.70. The van der Waals surface area contributed by atoms with Crippen LogP contribution in [0, 0.1) is 11.8 Å².